The average molecular weight is 134 g/mol. The summed E-state index contributed by atoms with van der Waals surface area (Å²) in [4.78, 5) is 0. The van der Waals surface area contributed by atoms with E-state index in [1.807, 2.05) is 37.5 Å². The van der Waals surface area contributed by atoms with E-state index in [-0.39, 0.29) is 0 Å². The minimum Gasteiger partial charge on any atom is -0.172 e. The summed E-state index contributed by atoms with van der Waals surface area (Å²) < 4.78 is 2.08. The van der Waals surface area contributed by atoms with Crippen molar-refractivity contribution in [2.75, 3.05) is 0 Å². The zero-order valence-electron chi connectivity index (χ0n) is 6.41. The van der Waals surface area contributed by atoms with Gasteiger partial charge in [-0.05, 0) is 13.0 Å². The van der Waals surface area contributed by atoms with Crippen LogP contribution in [0.3, 0.4) is 0 Å². The fourth-order valence-corrected chi connectivity index (χ4v) is 0.869. The van der Waals surface area contributed by atoms with Gasteiger partial charge in [0.1, 0.15) is 0 Å². The van der Waals surface area contributed by atoms with Gasteiger partial charge in [0.25, 0.3) is 0 Å². The Morgan fingerprint density at radius 3 is 2.80 bits per heavy atom. The van der Waals surface area contributed by atoms with Crippen molar-refractivity contribution < 1.29 is 4.57 Å². The number of aromatic nitrogens is 1. The number of pyridine rings is 1. The number of rotatable bonds is 1. The van der Waals surface area contributed by atoms with Gasteiger partial charge in [-0.3, -0.25) is 0 Å². The van der Waals surface area contributed by atoms with Gasteiger partial charge in [0.2, 0.25) is 0 Å². The van der Waals surface area contributed by atoms with Crippen molar-refractivity contribution in [1.29, 1.82) is 0 Å². The lowest BCUT2D eigenvalue weighted by Crippen LogP contribution is -2.28. The fourth-order valence-electron chi connectivity index (χ4n) is 0.869. The zero-order valence-corrected chi connectivity index (χ0v) is 6.41. The Hall–Kier alpha value is -1.11. The predicted molar refractivity (Wildman–Crippen MR) is 42.4 cm³/mol. The molecular weight excluding hydrogens is 122 g/mol. The molecule has 0 saturated carbocycles. The van der Waals surface area contributed by atoms with Crippen LogP contribution in [-0.4, -0.2) is 0 Å². The molecule has 10 heavy (non-hydrogen) atoms. The quantitative estimate of drug-likeness (QED) is 0.515. The van der Waals surface area contributed by atoms with Gasteiger partial charge in [0.15, 0.2) is 18.1 Å². The van der Waals surface area contributed by atoms with Crippen LogP contribution in [0.4, 0.5) is 0 Å². The molecule has 0 aliphatic rings. The second kappa shape index (κ2) is 3.16. The first kappa shape index (κ1) is 7.00. The van der Waals surface area contributed by atoms with Gasteiger partial charge in [-0.25, -0.2) is 0 Å². The number of hydrogen-bond acceptors (Lipinski definition) is 0. The lowest BCUT2D eigenvalue weighted by Gasteiger charge is -1.89. The standard InChI is InChI=1S/C9H12N/c1-3-7-10-8-5-4-6-9(10)2/h3-8H,1-2H3/q+1. The molecule has 0 N–H and O–H groups in total. The third-order valence-electron chi connectivity index (χ3n) is 1.41. The third kappa shape index (κ3) is 1.44. The van der Waals surface area contributed by atoms with E-state index in [1.165, 1.54) is 5.69 Å². The SMILES string of the molecule is CC=C[n+]1ccccc1C. The first-order valence-corrected chi connectivity index (χ1v) is 3.44. The molecule has 1 heterocycles. The summed E-state index contributed by atoms with van der Waals surface area (Å²) in [6.45, 7) is 4.10. The monoisotopic (exact) mass is 134 g/mol. The Kier molecular flexibility index (Phi) is 2.21. The highest BCUT2D eigenvalue weighted by atomic mass is 14.9. The largest absolute Gasteiger partial charge is 0.183 e. The number of hydrogen-bond donors (Lipinski definition) is 0. The van der Waals surface area contributed by atoms with Gasteiger partial charge >= 0.3 is 0 Å². The first-order chi connectivity index (χ1) is 4.84. The Labute approximate surface area is 61.6 Å². The molecule has 0 unspecified atom stereocenters. The van der Waals surface area contributed by atoms with E-state index in [4.69, 9.17) is 0 Å². The molecule has 0 amide bonds. The van der Waals surface area contributed by atoms with Crippen molar-refractivity contribution in [1.82, 2.24) is 0 Å². The van der Waals surface area contributed by atoms with Crippen LogP contribution in [0.25, 0.3) is 6.20 Å². The van der Waals surface area contributed by atoms with Crippen molar-refractivity contribution in [3.05, 3.63) is 36.2 Å². The minimum atomic E-state index is 1.25. The van der Waals surface area contributed by atoms with E-state index in [0.29, 0.717) is 0 Å². The topological polar surface area (TPSA) is 3.88 Å². The first-order valence-electron chi connectivity index (χ1n) is 3.44. The van der Waals surface area contributed by atoms with E-state index >= 15 is 0 Å². The highest BCUT2D eigenvalue weighted by Gasteiger charge is 1.96. The molecular formula is C9H12N+. The highest BCUT2D eigenvalue weighted by molar-refractivity contribution is 5.07. The maximum atomic E-state index is 2.08. The van der Waals surface area contributed by atoms with Crippen LogP contribution >= 0.6 is 0 Å². The molecule has 0 saturated heterocycles. The van der Waals surface area contributed by atoms with Gasteiger partial charge in [0, 0.05) is 19.1 Å². The van der Waals surface area contributed by atoms with Crippen LogP contribution in [0.5, 0.6) is 0 Å². The molecule has 0 atom stereocenters. The average Bonchev–Trinajstić information content (AvgIpc) is 1.94. The smallest absolute Gasteiger partial charge is 0.172 e. The van der Waals surface area contributed by atoms with Crippen LogP contribution < -0.4 is 4.57 Å². The predicted octanol–water partition coefficient (Wildman–Crippen LogP) is 1.77. The Morgan fingerprint density at radius 1 is 1.40 bits per heavy atom. The van der Waals surface area contributed by atoms with Gasteiger partial charge < -0.3 is 0 Å². The Morgan fingerprint density at radius 2 is 2.20 bits per heavy atom. The highest BCUT2D eigenvalue weighted by Crippen LogP contribution is 1.86. The molecule has 0 radical (unpaired) electrons. The lowest BCUT2D eigenvalue weighted by atomic mass is 10.4. The summed E-state index contributed by atoms with van der Waals surface area (Å²) in [5.41, 5.74) is 1.25. The van der Waals surface area contributed by atoms with Crippen LogP contribution in [-0.2, 0) is 0 Å². The molecule has 0 aliphatic carbocycles. The Balaban J connectivity index is 3.03. The number of nitrogens with zero attached hydrogens (tertiary/aromatic N) is 1. The second-order valence-corrected chi connectivity index (χ2v) is 2.23. The molecule has 0 fully saturated rings. The molecule has 1 heteroatoms. The molecule has 0 bridgehead atoms. The molecule has 1 nitrogen and oxygen atoms in total. The molecule has 1 aromatic heterocycles. The second-order valence-electron chi connectivity index (χ2n) is 2.23. The number of aryl methyl sites for hydroxylation is 1. The van der Waals surface area contributed by atoms with Crippen LogP contribution in [0, 0.1) is 6.92 Å². The Bertz CT molecular complexity index is 238. The van der Waals surface area contributed by atoms with E-state index in [1.54, 1.807) is 0 Å². The third-order valence-corrected chi connectivity index (χ3v) is 1.41. The molecule has 0 aromatic carbocycles. The van der Waals surface area contributed by atoms with Crippen LogP contribution in [0.15, 0.2) is 30.5 Å². The summed E-state index contributed by atoms with van der Waals surface area (Å²) >= 11 is 0. The van der Waals surface area contributed by atoms with E-state index in [0.717, 1.165) is 0 Å². The fraction of sp³-hybridized carbons (Fsp3) is 0.222. The van der Waals surface area contributed by atoms with Gasteiger partial charge in [-0.2, -0.15) is 4.57 Å². The molecule has 0 aliphatic heterocycles. The minimum absolute atomic E-state index is 1.25. The van der Waals surface area contributed by atoms with E-state index in [9.17, 15) is 0 Å². The van der Waals surface area contributed by atoms with Crippen molar-refractivity contribution in [3.63, 3.8) is 0 Å². The van der Waals surface area contributed by atoms with Crippen LogP contribution in [0.1, 0.15) is 12.6 Å². The summed E-state index contributed by atoms with van der Waals surface area (Å²) in [7, 11) is 0. The van der Waals surface area contributed by atoms with Crippen molar-refractivity contribution in [2.24, 2.45) is 0 Å². The van der Waals surface area contributed by atoms with Crippen molar-refractivity contribution in [3.8, 4) is 0 Å². The summed E-state index contributed by atoms with van der Waals surface area (Å²) in [5, 5.41) is 0. The molecule has 1 aromatic rings. The lowest BCUT2D eigenvalue weighted by molar-refractivity contribution is -0.575. The summed E-state index contributed by atoms with van der Waals surface area (Å²) in [6, 6.07) is 6.14. The number of allylic oxidation sites excluding steroid dienone is 1. The van der Waals surface area contributed by atoms with Crippen molar-refractivity contribution >= 4 is 6.20 Å². The van der Waals surface area contributed by atoms with Crippen LogP contribution in [0.2, 0.25) is 0 Å². The molecule has 1 rings (SSSR count). The van der Waals surface area contributed by atoms with E-state index in [2.05, 4.69) is 17.6 Å². The molecule has 52 valence electrons. The zero-order chi connectivity index (χ0) is 7.40. The van der Waals surface area contributed by atoms with Gasteiger partial charge in [-0.15, -0.1) is 0 Å². The van der Waals surface area contributed by atoms with Crippen molar-refractivity contribution in [2.45, 2.75) is 13.8 Å². The maximum absolute atomic E-state index is 2.08. The van der Waals surface area contributed by atoms with E-state index < -0.39 is 0 Å². The summed E-state index contributed by atoms with van der Waals surface area (Å²) in [5.74, 6) is 0. The van der Waals surface area contributed by atoms with Gasteiger partial charge in [-0.1, -0.05) is 6.07 Å². The normalized spacial score (nSPS) is 10.6. The molecule has 0 spiro atoms. The summed E-state index contributed by atoms with van der Waals surface area (Å²) in [6.07, 6.45) is 6.09. The van der Waals surface area contributed by atoms with Gasteiger partial charge in [0.05, 0.1) is 0 Å². The maximum Gasteiger partial charge on any atom is 0.183 e.